The Kier molecular flexibility index (Phi) is 4.06. The normalized spacial score (nSPS) is 17.9. The molecule has 0 aliphatic heterocycles. The lowest BCUT2D eigenvalue weighted by Gasteiger charge is -2.20. The van der Waals surface area contributed by atoms with Gasteiger partial charge in [-0.3, -0.25) is 0 Å². The summed E-state index contributed by atoms with van der Waals surface area (Å²) < 4.78 is 3.29. The number of hydrogen-bond donors (Lipinski definition) is 0. The van der Waals surface area contributed by atoms with Crippen LogP contribution < -0.4 is 0 Å². The van der Waals surface area contributed by atoms with E-state index < -0.39 is 0 Å². The fourth-order valence-electron chi connectivity index (χ4n) is 2.63. The van der Waals surface area contributed by atoms with Gasteiger partial charge in [0, 0.05) is 7.05 Å². The SMILES string of the molecule is Cc1nc(CCC2CCCCC2)c(Br)n1C. The van der Waals surface area contributed by atoms with E-state index in [0.717, 1.165) is 18.2 Å². The smallest absolute Gasteiger partial charge is 0.108 e. The summed E-state index contributed by atoms with van der Waals surface area (Å²) in [6, 6.07) is 0. The maximum atomic E-state index is 4.61. The number of rotatable bonds is 3. The van der Waals surface area contributed by atoms with E-state index in [1.165, 1.54) is 48.8 Å². The molecule has 0 radical (unpaired) electrons. The molecule has 0 N–H and O–H groups in total. The van der Waals surface area contributed by atoms with Gasteiger partial charge in [0.15, 0.2) is 0 Å². The number of imidazole rings is 1. The van der Waals surface area contributed by atoms with Crippen LogP contribution in [0, 0.1) is 12.8 Å². The van der Waals surface area contributed by atoms with E-state index in [2.05, 4.69) is 39.5 Å². The molecule has 0 unspecified atom stereocenters. The molecular formula is C13H21BrN2. The van der Waals surface area contributed by atoms with Crippen molar-refractivity contribution in [2.75, 3.05) is 0 Å². The molecule has 2 nitrogen and oxygen atoms in total. The molecule has 1 aromatic rings. The van der Waals surface area contributed by atoms with Crippen molar-refractivity contribution in [3.63, 3.8) is 0 Å². The van der Waals surface area contributed by atoms with E-state index in [1.807, 2.05) is 0 Å². The predicted molar refractivity (Wildman–Crippen MR) is 70.5 cm³/mol. The van der Waals surface area contributed by atoms with E-state index in [4.69, 9.17) is 0 Å². The Hall–Kier alpha value is -0.310. The van der Waals surface area contributed by atoms with Crippen LogP contribution in [-0.2, 0) is 13.5 Å². The lowest BCUT2D eigenvalue weighted by atomic mass is 9.86. The number of aromatic nitrogens is 2. The highest BCUT2D eigenvalue weighted by Crippen LogP contribution is 2.28. The molecule has 0 amide bonds. The average molecular weight is 285 g/mol. The van der Waals surface area contributed by atoms with Gasteiger partial charge in [0.2, 0.25) is 0 Å². The standard InChI is InChI=1S/C13H21BrN2/c1-10-15-12(13(14)16(10)2)9-8-11-6-4-3-5-7-11/h11H,3-9H2,1-2H3. The third kappa shape index (κ3) is 2.68. The first-order valence-electron chi connectivity index (χ1n) is 6.36. The summed E-state index contributed by atoms with van der Waals surface area (Å²) in [5, 5.41) is 0. The minimum Gasteiger partial charge on any atom is -0.326 e. The molecular weight excluding hydrogens is 264 g/mol. The van der Waals surface area contributed by atoms with E-state index in [-0.39, 0.29) is 0 Å². The van der Waals surface area contributed by atoms with Crippen molar-refractivity contribution in [3.05, 3.63) is 16.1 Å². The summed E-state index contributed by atoms with van der Waals surface area (Å²) in [6.07, 6.45) is 9.64. The van der Waals surface area contributed by atoms with Crippen molar-refractivity contribution >= 4 is 15.9 Å². The first-order chi connectivity index (χ1) is 7.68. The molecule has 1 saturated carbocycles. The van der Waals surface area contributed by atoms with Crippen LogP contribution in [0.5, 0.6) is 0 Å². The zero-order valence-electron chi connectivity index (χ0n) is 10.3. The lowest BCUT2D eigenvalue weighted by Crippen LogP contribution is -2.07. The van der Waals surface area contributed by atoms with E-state index in [0.29, 0.717) is 0 Å². The minimum absolute atomic E-state index is 0.947. The second-order valence-electron chi connectivity index (χ2n) is 5.00. The molecule has 90 valence electrons. The molecule has 0 spiro atoms. The van der Waals surface area contributed by atoms with Crippen molar-refractivity contribution in [1.29, 1.82) is 0 Å². The first kappa shape index (κ1) is 12.2. The molecule has 1 aromatic heterocycles. The maximum absolute atomic E-state index is 4.61. The fraction of sp³-hybridized carbons (Fsp3) is 0.769. The lowest BCUT2D eigenvalue weighted by molar-refractivity contribution is 0.338. The third-order valence-corrected chi connectivity index (χ3v) is 4.82. The number of aryl methyl sites for hydroxylation is 2. The Morgan fingerprint density at radius 3 is 2.56 bits per heavy atom. The van der Waals surface area contributed by atoms with Crippen LogP contribution in [0.15, 0.2) is 4.60 Å². The van der Waals surface area contributed by atoms with Crippen molar-refractivity contribution in [2.45, 2.75) is 51.9 Å². The fourth-order valence-corrected chi connectivity index (χ4v) is 3.17. The molecule has 0 saturated heterocycles. The van der Waals surface area contributed by atoms with Crippen LogP contribution in [0.1, 0.15) is 50.0 Å². The van der Waals surface area contributed by atoms with Gasteiger partial charge < -0.3 is 4.57 Å². The number of nitrogens with zero attached hydrogens (tertiary/aromatic N) is 2. The number of hydrogen-bond acceptors (Lipinski definition) is 1. The summed E-state index contributed by atoms with van der Waals surface area (Å²) in [5.74, 6) is 2.05. The second-order valence-corrected chi connectivity index (χ2v) is 5.75. The van der Waals surface area contributed by atoms with Gasteiger partial charge in [-0.05, 0) is 41.6 Å². The van der Waals surface area contributed by atoms with Gasteiger partial charge in [-0.2, -0.15) is 0 Å². The van der Waals surface area contributed by atoms with Gasteiger partial charge in [0.05, 0.1) is 5.69 Å². The Labute approximate surface area is 107 Å². The van der Waals surface area contributed by atoms with Crippen molar-refractivity contribution in [3.8, 4) is 0 Å². The molecule has 0 bridgehead atoms. The average Bonchev–Trinajstić information content (AvgIpc) is 2.56. The van der Waals surface area contributed by atoms with Crippen LogP contribution >= 0.6 is 15.9 Å². The summed E-state index contributed by atoms with van der Waals surface area (Å²) in [4.78, 5) is 4.61. The zero-order valence-corrected chi connectivity index (χ0v) is 11.9. The van der Waals surface area contributed by atoms with Crippen LogP contribution in [-0.4, -0.2) is 9.55 Å². The Morgan fingerprint density at radius 2 is 2.00 bits per heavy atom. The summed E-state index contributed by atoms with van der Waals surface area (Å²) in [5.41, 5.74) is 1.24. The van der Waals surface area contributed by atoms with Gasteiger partial charge in [0.1, 0.15) is 10.4 Å². The Bertz CT molecular complexity index is 351. The molecule has 1 aliphatic carbocycles. The van der Waals surface area contributed by atoms with Gasteiger partial charge in [-0.1, -0.05) is 32.1 Å². The molecule has 2 rings (SSSR count). The maximum Gasteiger partial charge on any atom is 0.108 e. The van der Waals surface area contributed by atoms with Gasteiger partial charge in [-0.25, -0.2) is 4.98 Å². The summed E-state index contributed by atoms with van der Waals surface area (Å²) in [7, 11) is 2.07. The third-order valence-electron chi connectivity index (χ3n) is 3.83. The molecule has 1 heterocycles. The van der Waals surface area contributed by atoms with Crippen LogP contribution in [0.2, 0.25) is 0 Å². The second kappa shape index (κ2) is 5.35. The summed E-state index contributed by atoms with van der Waals surface area (Å²) >= 11 is 3.63. The van der Waals surface area contributed by atoms with Crippen LogP contribution in [0.4, 0.5) is 0 Å². The van der Waals surface area contributed by atoms with E-state index in [1.54, 1.807) is 0 Å². The molecule has 16 heavy (non-hydrogen) atoms. The predicted octanol–water partition coefficient (Wildman–Crippen LogP) is 4.00. The van der Waals surface area contributed by atoms with Crippen molar-refractivity contribution in [2.24, 2.45) is 13.0 Å². The van der Waals surface area contributed by atoms with Crippen molar-refractivity contribution < 1.29 is 0 Å². The topological polar surface area (TPSA) is 17.8 Å². The Balaban J connectivity index is 1.91. The van der Waals surface area contributed by atoms with Crippen LogP contribution in [0.25, 0.3) is 0 Å². The molecule has 3 heteroatoms. The van der Waals surface area contributed by atoms with Gasteiger partial charge in [0.25, 0.3) is 0 Å². The quantitative estimate of drug-likeness (QED) is 0.820. The monoisotopic (exact) mass is 284 g/mol. The first-order valence-corrected chi connectivity index (χ1v) is 7.15. The number of halogens is 1. The van der Waals surface area contributed by atoms with Gasteiger partial charge >= 0.3 is 0 Å². The molecule has 0 aromatic carbocycles. The van der Waals surface area contributed by atoms with E-state index in [9.17, 15) is 0 Å². The molecule has 0 atom stereocenters. The largest absolute Gasteiger partial charge is 0.326 e. The highest BCUT2D eigenvalue weighted by Gasteiger charge is 2.15. The zero-order chi connectivity index (χ0) is 11.5. The molecule has 1 fully saturated rings. The van der Waals surface area contributed by atoms with E-state index >= 15 is 0 Å². The highest BCUT2D eigenvalue weighted by molar-refractivity contribution is 9.10. The van der Waals surface area contributed by atoms with Crippen LogP contribution in [0.3, 0.4) is 0 Å². The van der Waals surface area contributed by atoms with Gasteiger partial charge in [-0.15, -0.1) is 0 Å². The van der Waals surface area contributed by atoms with Crippen molar-refractivity contribution in [1.82, 2.24) is 9.55 Å². The summed E-state index contributed by atoms with van der Waals surface area (Å²) in [6.45, 7) is 2.06. The Morgan fingerprint density at radius 1 is 1.31 bits per heavy atom. The minimum atomic E-state index is 0.947. The highest BCUT2D eigenvalue weighted by atomic mass is 79.9. The molecule has 1 aliphatic rings.